The van der Waals surface area contributed by atoms with E-state index in [4.69, 9.17) is 0 Å². The third-order valence-electron chi connectivity index (χ3n) is 6.97. The summed E-state index contributed by atoms with van der Waals surface area (Å²) >= 11 is 0. The van der Waals surface area contributed by atoms with Crippen LogP contribution in [0.2, 0.25) is 0 Å². The number of rotatable bonds is 3. The molecule has 0 spiro atoms. The molecule has 1 fully saturated rings. The van der Waals surface area contributed by atoms with Crippen molar-refractivity contribution in [3.63, 3.8) is 0 Å². The van der Waals surface area contributed by atoms with Crippen LogP contribution in [-0.4, -0.2) is 38.9 Å². The second-order valence-corrected chi connectivity index (χ2v) is 9.01. The minimum Gasteiger partial charge on any atom is -0.396 e. The van der Waals surface area contributed by atoms with E-state index >= 15 is 0 Å². The summed E-state index contributed by atoms with van der Waals surface area (Å²) in [5, 5.41) is 9.68. The van der Waals surface area contributed by atoms with Crippen LogP contribution in [0.15, 0.2) is 67.1 Å². The number of imidazole rings is 1. The Bertz CT molecular complexity index is 1290. The molecule has 0 unspecified atom stereocenters. The Labute approximate surface area is 186 Å². The highest BCUT2D eigenvalue weighted by Gasteiger charge is 2.30. The van der Waals surface area contributed by atoms with E-state index in [1.807, 2.05) is 24.5 Å². The van der Waals surface area contributed by atoms with Gasteiger partial charge in [0.2, 0.25) is 0 Å². The monoisotopic (exact) mass is 428 g/mol. The predicted molar refractivity (Wildman–Crippen MR) is 123 cm³/mol. The molecule has 1 saturated heterocycles. The van der Waals surface area contributed by atoms with E-state index in [0.29, 0.717) is 11.8 Å². The molecule has 2 atom stereocenters. The van der Waals surface area contributed by atoms with Gasteiger partial charge in [0.05, 0.1) is 11.4 Å². The average molecular weight is 429 g/mol. The number of fused-ring (bicyclic) bond motifs is 5. The maximum absolute atomic E-state index is 13.4. The van der Waals surface area contributed by atoms with Crippen LogP contribution in [0.3, 0.4) is 0 Å². The van der Waals surface area contributed by atoms with E-state index in [-0.39, 0.29) is 12.4 Å². The molecule has 4 heterocycles. The molecule has 32 heavy (non-hydrogen) atoms. The van der Waals surface area contributed by atoms with Crippen molar-refractivity contribution in [2.45, 2.75) is 13.5 Å². The third kappa shape index (κ3) is 3.06. The Balaban J connectivity index is 1.42. The zero-order valence-electron chi connectivity index (χ0n) is 17.9. The maximum atomic E-state index is 13.4. The smallest absolute Gasteiger partial charge is 0.161 e. The second-order valence-electron chi connectivity index (χ2n) is 9.01. The molecule has 2 aromatic carbocycles. The Morgan fingerprint density at radius 1 is 1.06 bits per heavy atom. The van der Waals surface area contributed by atoms with Gasteiger partial charge in [-0.15, -0.1) is 0 Å². The van der Waals surface area contributed by atoms with Crippen molar-refractivity contribution in [3.05, 3.63) is 78.5 Å². The van der Waals surface area contributed by atoms with Gasteiger partial charge in [0, 0.05) is 62.0 Å². The first kappa shape index (κ1) is 19.3. The predicted octanol–water partition coefficient (Wildman–Crippen LogP) is 4.57. The summed E-state index contributed by atoms with van der Waals surface area (Å²) in [7, 11) is 0. The van der Waals surface area contributed by atoms with Crippen LogP contribution < -0.4 is 4.90 Å². The highest BCUT2D eigenvalue weighted by atomic mass is 19.1. The molecule has 0 aliphatic carbocycles. The lowest BCUT2D eigenvalue weighted by Gasteiger charge is -2.21. The normalized spacial score (nSPS) is 19.4. The Morgan fingerprint density at radius 2 is 1.91 bits per heavy atom. The molecule has 0 bridgehead atoms. The molecule has 0 amide bonds. The summed E-state index contributed by atoms with van der Waals surface area (Å²) < 4.78 is 17.8. The molecular weight excluding hydrogens is 403 g/mol. The fourth-order valence-electron chi connectivity index (χ4n) is 5.11. The number of hydrogen-bond donors (Lipinski definition) is 1. The molecule has 4 aromatic rings. The number of benzene rings is 2. The molecule has 2 aliphatic heterocycles. The lowest BCUT2D eigenvalue weighted by atomic mass is 10.00. The van der Waals surface area contributed by atoms with E-state index < -0.39 is 0 Å². The van der Waals surface area contributed by atoms with Crippen LogP contribution in [0.5, 0.6) is 0 Å². The van der Waals surface area contributed by atoms with Gasteiger partial charge in [0.25, 0.3) is 0 Å². The summed E-state index contributed by atoms with van der Waals surface area (Å²) in [6, 6.07) is 15.4. The number of halogens is 1. The summed E-state index contributed by atoms with van der Waals surface area (Å²) in [5.41, 5.74) is 6.64. The minimum atomic E-state index is -0.230. The highest BCUT2D eigenvalue weighted by Crippen LogP contribution is 2.36. The van der Waals surface area contributed by atoms with Gasteiger partial charge < -0.3 is 14.6 Å². The highest BCUT2D eigenvalue weighted by molar-refractivity contribution is 5.72. The minimum absolute atomic E-state index is 0.230. The number of aromatic nitrogens is 3. The standard InChI is InChI=1S/C26H25FN4O/c1-17-12-29(15-21(17)16-32)23-6-7-24-20(10-23)14-30-13-19(18-2-4-22(27)5-3-18)11-25(30)26-28-8-9-31(24)26/h2-11,13,17,21,32H,12,14-16H2,1H3/t17-,21+/m0/s1. The molecule has 6 heteroatoms. The first-order valence-corrected chi connectivity index (χ1v) is 11.1. The van der Waals surface area contributed by atoms with Crippen LogP contribution in [0.25, 0.3) is 28.3 Å². The van der Waals surface area contributed by atoms with Gasteiger partial charge in [0.15, 0.2) is 5.82 Å². The van der Waals surface area contributed by atoms with Gasteiger partial charge in [-0.3, -0.25) is 4.57 Å². The fourth-order valence-corrected chi connectivity index (χ4v) is 5.11. The average Bonchev–Trinajstić information content (AvgIpc) is 3.51. The SMILES string of the molecule is C[C@H]1CN(c2ccc3c(c2)Cn2cc(-c4ccc(F)cc4)cc2-c2nccn2-3)C[C@@H]1CO. The van der Waals surface area contributed by atoms with E-state index in [9.17, 15) is 9.50 Å². The summed E-state index contributed by atoms with van der Waals surface area (Å²) in [6.45, 7) is 5.03. The van der Waals surface area contributed by atoms with E-state index in [1.165, 1.54) is 23.4 Å². The van der Waals surface area contributed by atoms with Crippen molar-refractivity contribution in [2.75, 3.05) is 24.6 Å². The topological polar surface area (TPSA) is 46.2 Å². The number of anilines is 1. The number of nitrogens with zero attached hydrogens (tertiary/aromatic N) is 4. The molecule has 162 valence electrons. The fraction of sp³-hybridized carbons (Fsp3) is 0.269. The molecule has 5 nitrogen and oxygen atoms in total. The van der Waals surface area contributed by atoms with Gasteiger partial charge in [-0.2, -0.15) is 0 Å². The number of aliphatic hydroxyl groups is 1. The van der Waals surface area contributed by atoms with Crippen LogP contribution >= 0.6 is 0 Å². The summed E-state index contributed by atoms with van der Waals surface area (Å²) in [5.74, 6) is 1.47. The van der Waals surface area contributed by atoms with Crippen LogP contribution in [0, 0.1) is 17.7 Å². The Hall–Kier alpha value is -3.38. The third-order valence-corrected chi connectivity index (χ3v) is 6.97. The van der Waals surface area contributed by atoms with Crippen LogP contribution in [-0.2, 0) is 6.54 Å². The van der Waals surface area contributed by atoms with E-state index in [1.54, 1.807) is 0 Å². The van der Waals surface area contributed by atoms with Gasteiger partial charge in [0.1, 0.15) is 5.82 Å². The number of aliphatic hydroxyl groups excluding tert-OH is 1. The molecule has 2 aromatic heterocycles. The van der Waals surface area contributed by atoms with Crippen molar-refractivity contribution in [1.82, 2.24) is 14.1 Å². The zero-order chi connectivity index (χ0) is 21.8. The Kier molecular flexibility index (Phi) is 4.43. The molecule has 2 aliphatic rings. The lowest BCUT2D eigenvalue weighted by molar-refractivity contribution is 0.212. The van der Waals surface area contributed by atoms with Crippen LogP contribution in [0.4, 0.5) is 10.1 Å². The van der Waals surface area contributed by atoms with E-state index in [0.717, 1.165) is 48.0 Å². The lowest BCUT2D eigenvalue weighted by Crippen LogP contribution is -2.21. The van der Waals surface area contributed by atoms with Crippen molar-refractivity contribution >= 4 is 5.69 Å². The quantitative estimate of drug-likeness (QED) is 0.458. The van der Waals surface area contributed by atoms with Crippen molar-refractivity contribution < 1.29 is 9.50 Å². The van der Waals surface area contributed by atoms with Gasteiger partial charge >= 0.3 is 0 Å². The molecule has 1 N–H and O–H groups in total. The van der Waals surface area contributed by atoms with Crippen molar-refractivity contribution in [3.8, 4) is 28.3 Å². The molecule has 0 radical (unpaired) electrons. The first-order valence-electron chi connectivity index (χ1n) is 11.1. The summed E-state index contributed by atoms with van der Waals surface area (Å²) in [4.78, 5) is 7.03. The van der Waals surface area contributed by atoms with Crippen molar-refractivity contribution in [2.24, 2.45) is 11.8 Å². The number of hydrogen-bond acceptors (Lipinski definition) is 3. The zero-order valence-corrected chi connectivity index (χ0v) is 17.9. The van der Waals surface area contributed by atoms with E-state index in [2.05, 4.69) is 56.4 Å². The molecule has 6 rings (SSSR count). The summed E-state index contributed by atoms with van der Waals surface area (Å²) in [6.07, 6.45) is 5.97. The first-order chi connectivity index (χ1) is 15.6. The second kappa shape index (κ2) is 7.35. The largest absolute Gasteiger partial charge is 0.396 e. The van der Waals surface area contributed by atoms with Gasteiger partial charge in [-0.05, 0) is 53.4 Å². The molecular formula is C26H25FN4O. The van der Waals surface area contributed by atoms with Crippen LogP contribution in [0.1, 0.15) is 12.5 Å². The van der Waals surface area contributed by atoms with Gasteiger partial charge in [-0.25, -0.2) is 9.37 Å². The van der Waals surface area contributed by atoms with Crippen molar-refractivity contribution in [1.29, 1.82) is 0 Å². The Morgan fingerprint density at radius 3 is 2.69 bits per heavy atom. The molecule has 0 saturated carbocycles. The van der Waals surface area contributed by atoms with Gasteiger partial charge in [-0.1, -0.05) is 19.1 Å². The maximum Gasteiger partial charge on any atom is 0.161 e.